The fourth-order valence-electron chi connectivity index (χ4n) is 0.898. The maximum absolute atomic E-state index is 4.94. The molecule has 0 spiro atoms. The molecule has 11 heteroatoms. The summed E-state index contributed by atoms with van der Waals surface area (Å²) in [6, 6.07) is 0. The molecule has 0 N–H and O–H groups in total. The number of ether oxygens (including phenoxy) is 1. The predicted molar refractivity (Wildman–Crippen MR) is 135 cm³/mol. The van der Waals surface area contributed by atoms with E-state index in [0.717, 1.165) is 32.8 Å². The van der Waals surface area contributed by atoms with E-state index in [4.69, 9.17) is 4.74 Å². The summed E-state index contributed by atoms with van der Waals surface area (Å²) < 4.78 is 6.58. The van der Waals surface area contributed by atoms with Gasteiger partial charge in [-0.2, -0.15) is 0 Å². The summed E-state index contributed by atoms with van der Waals surface area (Å²) in [7, 11) is 5.65. The first-order valence-corrected chi connectivity index (χ1v) is 10.8. The molecule has 0 saturated carbocycles. The van der Waals surface area contributed by atoms with Gasteiger partial charge in [0.2, 0.25) is 0 Å². The van der Waals surface area contributed by atoms with Gasteiger partial charge in [0.15, 0.2) is 0 Å². The van der Waals surface area contributed by atoms with Crippen molar-refractivity contribution in [3.63, 3.8) is 0 Å². The van der Waals surface area contributed by atoms with Crippen molar-refractivity contribution in [3.8, 4) is 0 Å². The first-order chi connectivity index (χ1) is 12.0. The van der Waals surface area contributed by atoms with Crippen LogP contribution in [0.5, 0.6) is 0 Å². The molecule has 0 unspecified atom stereocenters. The normalized spacial score (nSPS) is 10.9. The summed E-state index contributed by atoms with van der Waals surface area (Å²) in [5, 5.41) is 0. The van der Waals surface area contributed by atoms with Gasteiger partial charge < -0.3 is 94.0 Å². The van der Waals surface area contributed by atoms with Gasteiger partial charge in [-0.25, -0.2) is 0 Å². The first-order valence-electron chi connectivity index (χ1n) is 8.38. The van der Waals surface area contributed by atoms with Crippen molar-refractivity contribution < 1.29 is 21.8 Å². The minimum atomic E-state index is 0. The Kier molecular flexibility index (Phi) is 32.4. The van der Waals surface area contributed by atoms with Gasteiger partial charge >= 0.3 is 17.1 Å². The van der Waals surface area contributed by atoms with Crippen molar-refractivity contribution in [2.24, 2.45) is 0 Å². The van der Waals surface area contributed by atoms with Crippen LogP contribution in [-0.4, -0.2) is 81.7 Å². The third-order valence-electron chi connectivity index (χ3n) is 3.19. The van der Waals surface area contributed by atoms with E-state index in [-0.39, 0.29) is 17.1 Å². The van der Waals surface area contributed by atoms with E-state index in [1.54, 1.807) is 0 Å². The van der Waals surface area contributed by atoms with Crippen molar-refractivity contribution in [2.45, 2.75) is 33.6 Å². The molecule has 0 bridgehead atoms. The van der Waals surface area contributed by atoms with Gasteiger partial charge in [0.05, 0.1) is 0 Å². The molecule has 0 aromatic carbocycles. The summed E-state index contributed by atoms with van der Waals surface area (Å²) in [5.41, 5.74) is 0. The van der Waals surface area contributed by atoms with Crippen molar-refractivity contribution in [1.29, 1.82) is 0 Å². The van der Waals surface area contributed by atoms with E-state index >= 15 is 0 Å². The Labute approximate surface area is 210 Å². The molecule has 0 aromatic heterocycles. The molecule has 161 valence electrons. The molecule has 1 aliphatic heterocycles. The Bertz CT molecular complexity index is 332. The summed E-state index contributed by atoms with van der Waals surface area (Å²) in [6.07, 6.45) is 2.56. The van der Waals surface area contributed by atoms with Gasteiger partial charge in [-0.1, -0.05) is 13.0 Å². The van der Waals surface area contributed by atoms with Crippen LogP contribution < -0.4 is 0 Å². The average molecular weight is 531 g/mol. The van der Waals surface area contributed by atoms with E-state index in [1.165, 1.54) is 12.8 Å². The zero-order chi connectivity index (χ0) is 21.1. The molecule has 1 rings (SSSR count). The smallest absolute Gasteiger partial charge is 0.411 e. The van der Waals surface area contributed by atoms with Crippen LogP contribution in [0.2, 0.25) is 0 Å². The molecular weight excluding hydrogens is 498 g/mol. The van der Waals surface area contributed by atoms with Gasteiger partial charge in [-0.05, 0) is 33.6 Å². The van der Waals surface area contributed by atoms with Crippen LogP contribution in [0.4, 0.5) is 0 Å². The van der Waals surface area contributed by atoms with Crippen LogP contribution in [0.25, 0.3) is 0 Å². The third-order valence-corrected chi connectivity index (χ3v) is 5.06. The fourth-order valence-corrected chi connectivity index (χ4v) is 1.67. The minimum Gasteiger partial charge on any atom is -0.411 e. The van der Waals surface area contributed by atoms with Crippen molar-refractivity contribution in [1.82, 2.24) is 14.7 Å². The SMILES string of the molecule is C1CCOC1.CCN(C)C(=S)[S-].CCN(C)C(=S)[S-].CCN(C)C(=S)[S-].[Fe+3]. The second-order valence-corrected chi connectivity index (χ2v) is 8.26. The van der Waals surface area contributed by atoms with E-state index in [2.05, 4.69) is 74.5 Å². The molecular formula is C16H32FeN3OS6. The summed E-state index contributed by atoms with van der Waals surface area (Å²) in [5.74, 6) is 0. The Morgan fingerprint density at radius 1 is 0.704 bits per heavy atom. The summed E-state index contributed by atoms with van der Waals surface area (Å²) in [6.45, 7) is 10.8. The van der Waals surface area contributed by atoms with Crippen LogP contribution in [0.15, 0.2) is 0 Å². The van der Waals surface area contributed by atoms with Crippen LogP contribution in [0.3, 0.4) is 0 Å². The van der Waals surface area contributed by atoms with Gasteiger partial charge in [0.25, 0.3) is 0 Å². The monoisotopic (exact) mass is 530 g/mol. The third kappa shape index (κ3) is 29.1. The largest absolute Gasteiger partial charge is 3.00 e. The zero-order valence-electron chi connectivity index (χ0n) is 17.0. The minimum absolute atomic E-state index is 0. The summed E-state index contributed by atoms with van der Waals surface area (Å²) in [4.78, 5) is 5.51. The van der Waals surface area contributed by atoms with Crippen molar-refractivity contribution in [2.75, 3.05) is 54.0 Å². The number of rotatable bonds is 3. The Hall–Kier alpha value is 0.809. The molecule has 1 heterocycles. The molecule has 0 aromatic rings. The topological polar surface area (TPSA) is 19.0 Å². The fraction of sp³-hybridized carbons (Fsp3) is 0.812. The molecule has 1 aliphatic rings. The van der Waals surface area contributed by atoms with E-state index in [0.29, 0.717) is 13.0 Å². The molecule has 4 nitrogen and oxygen atoms in total. The van der Waals surface area contributed by atoms with Crippen LogP contribution in [0.1, 0.15) is 33.6 Å². The van der Waals surface area contributed by atoms with E-state index in [9.17, 15) is 0 Å². The Morgan fingerprint density at radius 3 is 0.963 bits per heavy atom. The second kappa shape index (κ2) is 24.8. The molecule has 27 heavy (non-hydrogen) atoms. The van der Waals surface area contributed by atoms with Crippen LogP contribution >= 0.6 is 36.7 Å². The van der Waals surface area contributed by atoms with E-state index in [1.807, 2.05) is 56.6 Å². The predicted octanol–water partition coefficient (Wildman–Crippen LogP) is 3.10. The maximum atomic E-state index is 4.94. The standard InChI is InChI=1S/3C4H9NS2.C4H8O.Fe/c3*1-3-5(2)4(6)7;1-2-4-5-3-1;/h3*3H2,1-2H3,(H,6,7);1-4H2;/q;;;;+3/p-3. The van der Waals surface area contributed by atoms with Crippen molar-refractivity contribution in [3.05, 3.63) is 0 Å². The maximum Gasteiger partial charge on any atom is 3.00 e. The van der Waals surface area contributed by atoms with Gasteiger partial charge in [-0.15, -0.1) is 0 Å². The number of nitrogens with zero attached hydrogens (tertiary/aromatic N) is 3. The van der Waals surface area contributed by atoms with Crippen molar-refractivity contribution >= 4 is 87.5 Å². The second-order valence-electron chi connectivity index (χ2n) is 5.16. The van der Waals surface area contributed by atoms with E-state index < -0.39 is 0 Å². The molecule has 1 saturated heterocycles. The zero-order valence-corrected chi connectivity index (χ0v) is 23.0. The molecule has 1 fully saturated rings. The average Bonchev–Trinajstić information content (AvgIpc) is 3.20. The number of hydrogen-bond acceptors (Lipinski definition) is 7. The first kappa shape index (κ1) is 35.3. The van der Waals surface area contributed by atoms with Gasteiger partial charge in [0, 0.05) is 54.0 Å². The summed E-state index contributed by atoms with van der Waals surface area (Å²) >= 11 is 27.9. The molecule has 0 aliphatic carbocycles. The number of hydrogen-bond donors (Lipinski definition) is 0. The Balaban J connectivity index is -0.000000130. The quantitative estimate of drug-likeness (QED) is 0.307. The molecule has 0 atom stereocenters. The van der Waals surface area contributed by atoms with Gasteiger partial charge in [-0.3, -0.25) is 0 Å². The number of thiocarbonyl (C=S) groups is 3. The van der Waals surface area contributed by atoms with Crippen LogP contribution in [-0.2, 0) is 59.7 Å². The molecule has 1 radical (unpaired) electrons. The van der Waals surface area contributed by atoms with Gasteiger partial charge in [0.1, 0.15) is 0 Å². The Morgan fingerprint density at radius 2 is 0.926 bits per heavy atom. The molecule has 0 amide bonds. The van der Waals surface area contributed by atoms with Crippen LogP contribution in [0, 0.1) is 0 Å².